The molecule has 7 nitrogen and oxygen atoms in total. The summed E-state index contributed by atoms with van der Waals surface area (Å²) in [7, 11) is 0. The van der Waals surface area contributed by atoms with E-state index in [-0.39, 0.29) is 13.2 Å². The molecular weight excluding hydrogens is 568 g/mol. The number of alkyl halides is 6. The van der Waals surface area contributed by atoms with Crippen LogP contribution in [0.3, 0.4) is 0 Å². The number of carbonyl (C=O) groups is 1. The summed E-state index contributed by atoms with van der Waals surface area (Å²) in [5.41, 5.74) is -3.56. The number of rotatable bonds is 9. The van der Waals surface area contributed by atoms with Crippen LogP contribution in [0.15, 0.2) is 73.1 Å². The lowest BCUT2D eigenvalue weighted by Gasteiger charge is -2.40. The molecule has 1 atom stereocenters. The SMILES string of the molecule is O=C(OCCO)[C@H]1CN(Cc2ccncc2)CCN1Cc1ccc(-c2ccc(C(O)(C(F)(F)F)C(F)(F)F)cc2)cc1. The lowest BCUT2D eigenvalue weighted by molar-refractivity contribution is -0.376. The van der Waals surface area contributed by atoms with Crippen molar-refractivity contribution in [2.24, 2.45) is 0 Å². The Balaban J connectivity index is 1.47. The van der Waals surface area contributed by atoms with Crippen LogP contribution in [-0.2, 0) is 28.2 Å². The molecule has 0 spiro atoms. The van der Waals surface area contributed by atoms with Gasteiger partial charge < -0.3 is 14.9 Å². The summed E-state index contributed by atoms with van der Waals surface area (Å²) in [5, 5.41) is 18.7. The highest BCUT2D eigenvalue weighted by molar-refractivity contribution is 5.76. The Kier molecular flexibility index (Phi) is 9.56. The Morgan fingerprint density at radius 2 is 1.38 bits per heavy atom. The zero-order valence-corrected chi connectivity index (χ0v) is 22.3. The molecule has 0 bridgehead atoms. The average molecular weight is 598 g/mol. The van der Waals surface area contributed by atoms with Crippen molar-refractivity contribution in [2.75, 3.05) is 32.8 Å². The van der Waals surface area contributed by atoms with Gasteiger partial charge in [-0.15, -0.1) is 0 Å². The molecule has 0 amide bonds. The molecule has 1 aliphatic rings. The molecule has 2 N–H and O–H groups in total. The van der Waals surface area contributed by atoms with Crippen molar-refractivity contribution >= 4 is 5.97 Å². The van der Waals surface area contributed by atoms with Crippen molar-refractivity contribution in [1.29, 1.82) is 0 Å². The van der Waals surface area contributed by atoms with Gasteiger partial charge in [0.2, 0.25) is 0 Å². The second-order valence-electron chi connectivity index (χ2n) is 9.95. The largest absolute Gasteiger partial charge is 0.462 e. The Labute approximate surface area is 238 Å². The molecule has 0 saturated carbocycles. The molecule has 4 rings (SSSR count). The van der Waals surface area contributed by atoms with E-state index >= 15 is 0 Å². The Morgan fingerprint density at radius 1 is 0.833 bits per heavy atom. The summed E-state index contributed by atoms with van der Waals surface area (Å²) >= 11 is 0. The maximum Gasteiger partial charge on any atom is 0.430 e. The van der Waals surface area contributed by atoms with Gasteiger partial charge in [0.25, 0.3) is 5.60 Å². The smallest absolute Gasteiger partial charge is 0.430 e. The minimum atomic E-state index is -5.96. The van der Waals surface area contributed by atoms with Crippen LogP contribution in [0.2, 0.25) is 0 Å². The van der Waals surface area contributed by atoms with Gasteiger partial charge in [0.1, 0.15) is 12.6 Å². The number of piperazine rings is 1. The van der Waals surface area contributed by atoms with Crippen molar-refractivity contribution in [1.82, 2.24) is 14.8 Å². The second-order valence-corrected chi connectivity index (χ2v) is 9.95. The highest BCUT2D eigenvalue weighted by Crippen LogP contribution is 2.50. The van der Waals surface area contributed by atoms with E-state index in [1.54, 1.807) is 36.7 Å². The second kappa shape index (κ2) is 12.8. The quantitative estimate of drug-likeness (QED) is 0.281. The van der Waals surface area contributed by atoms with Crippen LogP contribution in [0, 0.1) is 0 Å². The van der Waals surface area contributed by atoms with E-state index in [2.05, 4.69) is 9.88 Å². The summed E-state index contributed by atoms with van der Waals surface area (Å²) in [6.07, 6.45) is -8.52. The number of benzene rings is 2. The van der Waals surface area contributed by atoms with Gasteiger partial charge in [0.15, 0.2) is 0 Å². The van der Waals surface area contributed by atoms with Crippen molar-refractivity contribution in [3.8, 4) is 11.1 Å². The van der Waals surface area contributed by atoms with Crippen molar-refractivity contribution in [3.05, 3.63) is 89.7 Å². The normalized spacial score (nSPS) is 17.3. The third-order valence-electron chi connectivity index (χ3n) is 7.13. The molecule has 42 heavy (non-hydrogen) atoms. The Hall–Kier alpha value is -3.52. The topological polar surface area (TPSA) is 86.1 Å². The van der Waals surface area contributed by atoms with Crippen LogP contribution in [0.1, 0.15) is 16.7 Å². The first-order valence-electron chi connectivity index (χ1n) is 13.0. The summed E-state index contributed by atoms with van der Waals surface area (Å²) in [6.45, 7) is 2.21. The number of ether oxygens (including phenoxy) is 1. The molecule has 0 unspecified atom stereocenters. The van der Waals surface area contributed by atoms with Gasteiger partial charge >= 0.3 is 18.3 Å². The monoisotopic (exact) mass is 597 g/mol. The highest BCUT2D eigenvalue weighted by atomic mass is 19.4. The van der Waals surface area contributed by atoms with Crippen LogP contribution in [-0.4, -0.2) is 82.2 Å². The van der Waals surface area contributed by atoms with E-state index in [1.165, 1.54) is 0 Å². The first-order chi connectivity index (χ1) is 19.8. The number of aliphatic hydroxyl groups is 2. The number of nitrogens with zero attached hydrogens (tertiary/aromatic N) is 3. The lowest BCUT2D eigenvalue weighted by Crippen LogP contribution is -2.56. The van der Waals surface area contributed by atoms with Gasteiger partial charge in [-0.25, -0.2) is 0 Å². The van der Waals surface area contributed by atoms with Crippen LogP contribution in [0.5, 0.6) is 0 Å². The fourth-order valence-electron chi connectivity index (χ4n) is 4.85. The number of hydrogen-bond donors (Lipinski definition) is 2. The third kappa shape index (κ3) is 6.92. The number of carbonyl (C=O) groups excluding carboxylic acids is 1. The molecule has 1 aromatic heterocycles. The standard InChI is InChI=1S/C29H29F6N3O4/c30-28(31,32)27(41,29(33,34)35)24-7-5-23(6-8-24)22-3-1-20(2-4-22)18-38-14-13-37(17-21-9-11-36-12-10-21)19-25(38)26(40)42-16-15-39/h1-12,25,39,41H,13-19H2/t25-/m1/s1. The van der Waals surface area contributed by atoms with Crippen LogP contribution < -0.4 is 0 Å². The van der Waals surface area contributed by atoms with Gasteiger partial charge in [-0.3, -0.25) is 19.6 Å². The number of aliphatic hydroxyl groups excluding tert-OH is 1. The first-order valence-corrected chi connectivity index (χ1v) is 13.0. The molecule has 13 heteroatoms. The summed E-state index contributed by atoms with van der Waals surface area (Å²) in [4.78, 5) is 20.9. The molecule has 3 aromatic rings. The molecule has 1 aliphatic heterocycles. The minimum Gasteiger partial charge on any atom is -0.462 e. The van der Waals surface area contributed by atoms with Crippen molar-refractivity contribution in [3.63, 3.8) is 0 Å². The maximum atomic E-state index is 13.2. The van der Waals surface area contributed by atoms with E-state index in [1.807, 2.05) is 17.0 Å². The fourth-order valence-corrected chi connectivity index (χ4v) is 4.85. The van der Waals surface area contributed by atoms with Gasteiger partial charge in [-0.05, 0) is 34.4 Å². The number of aromatic nitrogens is 1. The van der Waals surface area contributed by atoms with Crippen LogP contribution in [0.25, 0.3) is 11.1 Å². The molecule has 2 aromatic carbocycles. The van der Waals surface area contributed by atoms with Crippen LogP contribution in [0.4, 0.5) is 26.3 Å². The lowest BCUT2D eigenvalue weighted by atomic mass is 9.90. The zero-order valence-electron chi connectivity index (χ0n) is 22.3. The third-order valence-corrected chi connectivity index (χ3v) is 7.13. The van der Waals surface area contributed by atoms with Crippen molar-refractivity contribution in [2.45, 2.75) is 37.1 Å². The number of halogens is 6. The molecule has 226 valence electrons. The molecule has 0 radical (unpaired) electrons. The molecule has 1 saturated heterocycles. The van der Waals surface area contributed by atoms with E-state index < -0.39 is 35.5 Å². The molecule has 0 aliphatic carbocycles. The summed E-state index contributed by atoms with van der Waals surface area (Å²) < 4.78 is 84.3. The number of hydrogen-bond acceptors (Lipinski definition) is 7. The van der Waals surface area contributed by atoms with E-state index in [0.29, 0.717) is 56.0 Å². The highest BCUT2D eigenvalue weighted by Gasteiger charge is 2.71. The number of pyridine rings is 1. The predicted octanol–water partition coefficient (Wildman–Crippen LogP) is 4.28. The summed E-state index contributed by atoms with van der Waals surface area (Å²) in [5.74, 6) is -0.460. The summed E-state index contributed by atoms with van der Waals surface area (Å²) in [6, 6.07) is 13.4. The van der Waals surface area contributed by atoms with Crippen LogP contribution >= 0.6 is 0 Å². The van der Waals surface area contributed by atoms with Gasteiger partial charge in [0, 0.05) is 50.7 Å². The van der Waals surface area contributed by atoms with E-state index in [0.717, 1.165) is 23.3 Å². The first kappa shape index (κ1) is 31.4. The zero-order chi connectivity index (χ0) is 30.5. The molecular formula is C29H29F6N3O4. The van der Waals surface area contributed by atoms with Gasteiger partial charge in [0.05, 0.1) is 6.61 Å². The molecule has 1 fully saturated rings. The maximum absolute atomic E-state index is 13.2. The Morgan fingerprint density at radius 3 is 1.93 bits per heavy atom. The van der Waals surface area contributed by atoms with E-state index in [4.69, 9.17) is 9.84 Å². The molecule has 2 heterocycles. The average Bonchev–Trinajstić information content (AvgIpc) is 2.96. The van der Waals surface area contributed by atoms with Gasteiger partial charge in [-0.2, -0.15) is 26.3 Å². The fraction of sp³-hybridized carbons (Fsp3) is 0.379. The van der Waals surface area contributed by atoms with Crippen molar-refractivity contribution < 1.29 is 46.1 Å². The Bertz CT molecular complexity index is 1300. The van der Waals surface area contributed by atoms with E-state index in [9.17, 15) is 36.2 Å². The van der Waals surface area contributed by atoms with Gasteiger partial charge in [-0.1, -0.05) is 48.5 Å². The number of esters is 1. The predicted molar refractivity (Wildman–Crippen MR) is 140 cm³/mol. The minimum absolute atomic E-state index is 0.121.